The van der Waals surface area contributed by atoms with Gasteiger partial charge in [-0.05, 0) is 35.8 Å². The Morgan fingerprint density at radius 1 is 1.44 bits per heavy atom. The van der Waals surface area contributed by atoms with Gasteiger partial charge in [0.25, 0.3) is 5.91 Å². The summed E-state index contributed by atoms with van der Waals surface area (Å²) in [6.45, 7) is 3.77. The zero-order chi connectivity index (χ0) is 12.8. The molecule has 0 fully saturated rings. The quantitative estimate of drug-likeness (QED) is 0.863. The van der Waals surface area contributed by atoms with Crippen LogP contribution < -0.4 is 10.6 Å². The minimum absolute atomic E-state index is 0.175. The summed E-state index contributed by atoms with van der Waals surface area (Å²) in [7, 11) is 0. The van der Waals surface area contributed by atoms with Crippen LogP contribution in [0.4, 0.5) is 5.69 Å². The Morgan fingerprint density at radius 2 is 2.33 bits per heavy atom. The summed E-state index contributed by atoms with van der Waals surface area (Å²) in [6, 6.07) is 7.76. The zero-order valence-corrected chi connectivity index (χ0v) is 10.8. The van der Waals surface area contributed by atoms with Crippen LogP contribution in [0, 0.1) is 0 Å². The largest absolute Gasteiger partial charge is 0.321 e. The van der Waals surface area contributed by atoms with E-state index in [1.807, 2.05) is 24.3 Å². The van der Waals surface area contributed by atoms with Crippen molar-refractivity contribution in [2.75, 3.05) is 11.9 Å². The first-order valence-electron chi connectivity index (χ1n) is 5.68. The molecule has 0 unspecified atom stereocenters. The summed E-state index contributed by atoms with van der Waals surface area (Å²) in [5, 5.41) is 9.71. The second-order valence-corrected chi connectivity index (χ2v) is 4.50. The average molecular weight is 262 g/mol. The minimum atomic E-state index is -0.175. The normalized spacial score (nSPS) is 10.3. The molecule has 0 atom stereocenters. The summed E-state index contributed by atoms with van der Waals surface area (Å²) in [5.74, 6) is -0.175. The third-order valence-electron chi connectivity index (χ3n) is 2.35. The van der Waals surface area contributed by atoms with E-state index in [1.54, 1.807) is 0 Å². The molecule has 2 N–H and O–H groups in total. The van der Waals surface area contributed by atoms with Gasteiger partial charge < -0.3 is 10.6 Å². The molecule has 0 aliphatic carbocycles. The molecule has 2 aromatic rings. The van der Waals surface area contributed by atoms with Gasteiger partial charge in [0.2, 0.25) is 0 Å². The molecule has 6 heteroatoms. The van der Waals surface area contributed by atoms with E-state index in [9.17, 15) is 4.79 Å². The molecule has 0 saturated carbocycles. The van der Waals surface area contributed by atoms with Crippen molar-refractivity contribution in [1.29, 1.82) is 0 Å². The van der Waals surface area contributed by atoms with Crippen molar-refractivity contribution in [2.24, 2.45) is 0 Å². The van der Waals surface area contributed by atoms with Crippen LogP contribution in [-0.2, 0) is 6.54 Å². The van der Waals surface area contributed by atoms with E-state index in [0.717, 1.165) is 35.9 Å². The van der Waals surface area contributed by atoms with Crippen LogP contribution in [0.3, 0.4) is 0 Å². The highest BCUT2D eigenvalue weighted by atomic mass is 32.1. The van der Waals surface area contributed by atoms with Gasteiger partial charge in [-0.2, -0.15) is 0 Å². The molecular weight excluding hydrogens is 248 g/mol. The van der Waals surface area contributed by atoms with Crippen molar-refractivity contribution in [1.82, 2.24) is 14.9 Å². The second kappa shape index (κ2) is 6.23. The molecular formula is C12H14N4OS. The number of carbonyl (C=O) groups is 1. The van der Waals surface area contributed by atoms with Gasteiger partial charge in [0.05, 0.1) is 6.20 Å². The summed E-state index contributed by atoms with van der Waals surface area (Å²) < 4.78 is 3.66. The Kier molecular flexibility index (Phi) is 4.38. The number of benzene rings is 1. The van der Waals surface area contributed by atoms with E-state index in [0.29, 0.717) is 4.88 Å². The molecule has 1 aromatic heterocycles. The lowest BCUT2D eigenvalue weighted by atomic mass is 10.2. The molecule has 0 bridgehead atoms. The standard InChI is InChI=1S/C12H14N4OS/c1-2-13-7-9-4-3-5-10(6-9)15-12(17)11-8-14-16-18-11/h3-6,8,13H,2,7H2,1H3,(H,15,17). The SMILES string of the molecule is CCNCc1cccc(NC(=O)c2cnns2)c1. The number of nitrogens with zero attached hydrogens (tertiary/aromatic N) is 2. The zero-order valence-electron chi connectivity index (χ0n) is 10.0. The van der Waals surface area contributed by atoms with Crippen LogP contribution in [0.15, 0.2) is 30.5 Å². The summed E-state index contributed by atoms with van der Waals surface area (Å²) in [6.07, 6.45) is 1.46. The van der Waals surface area contributed by atoms with Gasteiger partial charge in [-0.15, -0.1) is 5.10 Å². The number of rotatable bonds is 5. The molecule has 0 saturated heterocycles. The van der Waals surface area contributed by atoms with Crippen molar-refractivity contribution in [3.63, 3.8) is 0 Å². The molecule has 2 rings (SSSR count). The van der Waals surface area contributed by atoms with Gasteiger partial charge in [-0.3, -0.25) is 4.79 Å². The number of nitrogens with one attached hydrogen (secondary N) is 2. The van der Waals surface area contributed by atoms with Crippen LogP contribution in [0.25, 0.3) is 0 Å². The van der Waals surface area contributed by atoms with Gasteiger partial charge in [0.15, 0.2) is 0 Å². The molecule has 94 valence electrons. The van der Waals surface area contributed by atoms with Crippen LogP contribution in [0.2, 0.25) is 0 Å². The molecule has 0 aliphatic heterocycles. The monoisotopic (exact) mass is 262 g/mol. The maximum atomic E-state index is 11.8. The first-order valence-corrected chi connectivity index (χ1v) is 6.45. The summed E-state index contributed by atoms with van der Waals surface area (Å²) >= 11 is 1.08. The number of amides is 1. The molecule has 0 radical (unpaired) electrons. The van der Waals surface area contributed by atoms with Crippen molar-refractivity contribution < 1.29 is 4.79 Å². The predicted molar refractivity (Wildman–Crippen MR) is 71.7 cm³/mol. The van der Waals surface area contributed by atoms with Crippen LogP contribution in [0.1, 0.15) is 22.2 Å². The second-order valence-electron chi connectivity index (χ2n) is 3.72. The molecule has 0 aliphatic rings. The van der Waals surface area contributed by atoms with Gasteiger partial charge in [-0.1, -0.05) is 23.5 Å². The van der Waals surface area contributed by atoms with Gasteiger partial charge in [-0.25, -0.2) is 0 Å². The summed E-state index contributed by atoms with van der Waals surface area (Å²) in [5.41, 5.74) is 1.92. The van der Waals surface area contributed by atoms with E-state index in [2.05, 4.69) is 27.1 Å². The molecule has 1 amide bonds. The Morgan fingerprint density at radius 3 is 3.06 bits per heavy atom. The molecule has 1 heterocycles. The van der Waals surface area contributed by atoms with Crippen molar-refractivity contribution in [3.8, 4) is 0 Å². The van der Waals surface area contributed by atoms with Crippen molar-refractivity contribution in [3.05, 3.63) is 40.9 Å². The average Bonchev–Trinajstić information content (AvgIpc) is 2.91. The van der Waals surface area contributed by atoms with Gasteiger partial charge in [0, 0.05) is 12.2 Å². The fourth-order valence-corrected chi connectivity index (χ4v) is 1.90. The van der Waals surface area contributed by atoms with Gasteiger partial charge >= 0.3 is 0 Å². The van der Waals surface area contributed by atoms with E-state index >= 15 is 0 Å². The predicted octanol–water partition coefficient (Wildman–Crippen LogP) is 1.90. The Labute approximate surface area is 109 Å². The number of hydrogen-bond donors (Lipinski definition) is 2. The third kappa shape index (κ3) is 3.35. The van der Waals surface area contributed by atoms with Crippen molar-refractivity contribution in [2.45, 2.75) is 13.5 Å². The van der Waals surface area contributed by atoms with Crippen LogP contribution >= 0.6 is 11.5 Å². The first-order chi connectivity index (χ1) is 8.79. The molecule has 1 aromatic carbocycles. The fourth-order valence-electron chi connectivity index (χ4n) is 1.49. The van der Waals surface area contributed by atoms with Crippen LogP contribution in [0.5, 0.6) is 0 Å². The number of carbonyl (C=O) groups excluding carboxylic acids is 1. The number of aromatic nitrogens is 2. The van der Waals surface area contributed by atoms with Gasteiger partial charge in [0.1, 0.15) is 4.88 Å². The molecule has 5 nitrogen and oxygen atoms in total. The lowest BCUT2D eigenvalue weighted by Gasteiger charge is -2.06. The topological polar surface area (TPSA) is 66.9 Å². The highest BCUT2D eigenvalue weighted by molar-refractivity contribution is 7.07. The van der Waals surface area contributed by atoms with E-state index in [1.165, 1.54) is 6.20 Å². The highest BCUT2D eigenvalue weighted by Gasteiger charge is 2.08. The Hall–Kier alpha value is -1.79. The Bertz CT molecular complexity index is 513. The molecule has 0 spiro atoms. The lowest BCUT2D eigenvalue weighted by molar-refractivity contribution is 0.103. The van der Waals surface area contributed by atoms with E-state index in [4.69, 9.17) is 0 Å². The van der Waals surface area contributed by atoms with Crippen LogP contribution in [-0.4, -0.2) is 22.0 Å². The number of anilines is 1. The fraction of sp³-hybridized carbons (Fsp3) is 0.250. The third-order valence-corrected chi connectivity index (χ3v) is 3.01. The lowest BCUT2D eigenvalue weighted by Crippen LogP contribution is -2.13. The van der Waals surface area contributed by atoms with E-state index < -0.39 is 0 Å². The maximum absolute atomic E-state index is 11.8. The minimum Gasteiger partial charge on any atom is -0.321 e. The smallest absolute Gasteiger partial charge is 0.269 e. The van der Waals surface area contributed by atoms with Crippen molar-refractivity contribution >= 4 is 23.1 Å². The maximum Gasteiger partial charge on any atom is 0.269 e. The molecule has 18 heavy (non-hydrogen) atoms. The first kappa shape index (κ1) is 12.7. The highest BCUT2D eigenvalue weighted by Crippen LogP contribution is 2.13. The summed E-state index contributed by atoms with van der Waals surface area (Å²) in [4.78, 5) is 12.3. The van der Waals surface area contributed by atoms with E-state index in [-0.39, 0.29) is 5.91 Å². The number of hydrogen-bond acceptors (Lipinski definition) is 5. The Balaban J connectivity index is 2.03.